The van der Waals surface area contributed by atoms with Gasteiger partial charge in [-0.2, -0.15) is 0 Å². The number of hydrogen-bond acceptors (Lipinski definition) is 1. The summed E-state index contributed by atoms with van der Waals surface area (Å²) in [5.74, 6) is 0. The third-order valence-corrected chi connectivity index (χ3v) is 3.19. The van der Waals surface area contributed by atoms with Gasteiger partial charge in [0.15, 0.2) is 0 Å². The van der Waals surface area contributed by atoms with Crippen LogP contribution in [-0.2, 0) is 16.8 Å². The van der Waals surface area contributed by atoms with Crippen molar-refractivity contribution in [1.29, 1.82) is 0 Å². The van der Waals surface area contributed by atoms with E-state index in [0.717, 1.165) is 18.4 Å². The Morgan fingerprint density at radius 1 is 1.00 bits per heavy atom. The van der Waals surface area contributed by atoms with Gasteiger partial charge in [-0.1, -0.05) is 60.7 Å². The predicted molar refractivity (Wildman–Crippen MR) is 73.1 cm³/mol. The maximum Gasteiger partial charge on any atom is 0.207 e. The molecule has 1 amide bonds. The van der Waals surface area contributed by atoms with Crippen LogP contribution in [0.1, 0.15) is 18.1 Å². The summed E-state index contributed by atoms with van der Waals surface area (Å²) >= 11 is 0. The zero-order chi connectivity index (χ0) is 12.8. The van der Waals surface area contributed by atoms with E-state index in [1.807, 2.05) is 55.5 Å². The van der Waals surface area contributed by atoms with E-state index in [0.29, 0.717) is 0 Å². The van der Waals surface area contributed by atoms with Crippen molar-refractivity contribution in [1.82, 2.24) is 5.32 Å². The van der Waals surface area contributed by atoms with Crippen LogP contribution in [-0.4, -0.2) is 6.41 Å². The van der Waals surface area contributed by atoms with Gasteiger partial charge in [-0.15, -0.1) is 0 Å². The van der Waals surface area contributed by atoms with Gasteiger partial charge in [0.2, 0.25) is 6.41 Å². The van der Waals surface area contributed by atoms with Crippen molar-refractivity contribution in [2.75, 3.05) is 0 Å². The Morgan fingerprint density at radius 3 is 2.11 bits per heavy atom. The van der Waals surface area contributed by atoms with Crippen LogP contribution in [0.2, 0.25) is 0 Å². The fourth-order valence-corrected chi connectivity index (χ4v) is 2.18. The Kier molecular flexibility index (Phi) is 3.78. The highest BCUT2D eigenvalue weighted by atomic mass is 16.1. The number of nitrogens with one attached hydrogen (secondary N) is 1. The van der Waals surface area contributed by atoms with Crippen LogP contribution in [0.4, 0.5) is 0 Å². The zero-order valence-corrected chi connectivity index (χ0v) is 10.5. The third-order valence-electron chi connectivity index (χ3n) is 3.19. The summed E-state index contributed by atoms with van der Waals surface area (Å²) in [6, 6.07) is 20.2. The molecule has 18 heavy (non-hydrogen) atoms. The van der Waals surface area contributed by atoms with Crippen molar-refractivity contribution in [2.24, 2.45) is 0 Å². The van der Waals surface area contributed by atoms with E-state index in [4.69, 9.17) is 0 Å². The van der Waals surface area contributed by atoms with E-state index >= 15 is 0 Å². The monoisotopic (exact) mass is 239 g/mol. The SMILES string of the molecule is C[C@@](Cc1ccccc1)(NC=O)c1ccccc1. The second-order valence-electron chi connectivity index (χ2n) is 4.62. The molecule has 0 heterocycles. The highest BCUT2D eigenvalue weighted by molar-refractivity contribution is 5.50. The smallest absolute Gasteiger partial charge is 0.207 e. The predicted octanol–water partition coefficient (Wildman–Crippen LogP) is 2.89. The fourth-order valence-electron chi connectivity index (χ4n) is 2.18. The summed E-state index contributed by atoms with van der Waals surface area (Å²) < 4.78 is 0. The first-order chi connectivity index (χ1) is 8.74. The topological polar surface area (TPSA) is 29.1 Å². The number of amides is 1. The van der Waals surface area contributed by atoms with Gasteiger partial charge >= 0.3 is 0 Å². The average molecular weight is 239 g/mol. The van der Waals surface area contributed by atoms with Gasteiger partial charge in [0, 0.05) is 0 Å². The van der Waals surface area contributed by atoms with E-state index in [9.17, 15) is 4.79 Å². The summed E-state index contributed by atoms with van der Waals surface area (Å²) in [6.07, 6.45) is 1.55. The minimum absolute atomic E-state index is 0.371. The van der Waals surface area contributed by atoms with Crippen LogP contribution in [0.5, 0.6) is 0 Å². The van der Waals surface area contributed by atoms with Crippen LogP contribution in [0.15, 0.2) is 60.7 Å². The summed E-state index contributed by atoms with van der Waals surface area (Å²) in [5.41, 5.74) is 1.95. The van der Waals surface area contributed by atoms with Crippen LogP contribution < -0.4 is 5.32 Å². The molecule has 0 radical (unpaired) electrons. The Balaban J connectivity index is 2.30. The number of carbonyl (C=O) groups is 1. The van der Waals surface area contributed by atoms with E-state index in [2.05, 4.69) is 17.4 Å². The van der Waals surface area contributed by atoms with Gasteiger partial charge in [0.1, 0.15) is 0 Å². The average Bonchev–Trinajstić information content (AvgIpc) is 2.41. The van der Waals surface area contributed by atoms with Crippen molar-refractivity contribution < 1.29 is 4.79 Å². The molecule has 0 saturated heterocycles. The highest BCUT2D eigenvalue weighted by Gasteiger charge is 2.25. The van der Waals surface area contributed by atoms with Crippen molar-refractivity contribution in [2.45, 2.75) is 18.9 Å². The zero-order valence-electron chi connectivity index (χ0n) is 10.5. The molecule has 0 aliphatic heterocycles. The van der Waals surface area contributed by atoms with Gasteiger partial charge in [-0.25, -0.2) is 0 Å². The largest absolute Gasteiger partial charge is 0.349 e. The van der Waals surface area contributed by atoms with Gasteiger partial charge < -0.3 is 5.32 Å². The molecule has 2 rings (SSSR count). The molecular formula is C16H17NO. The molecule has 0 aliphatic carbocycles. The first kappa shape index (κ1) is 12.4. The first-order valence-corrected chi connectivity index (χ1v) is 6.05. The lowest BCUT2D eigenvalue weighted by molar-refractivity contribution is -0.111. The molecule has 0 saturated carbocycles. The third kappa shape index (κ3) is 2.77. The molecule has 2 heteroatoms. The van der Waals surface area contributed by atoms with Gasteiger partial charge in [-0.3, -0.25) is 4.79 Å². The molecule has 0 fully saturated rings. The highest BCUT2D eigenvalue weighted by Crippen LogP contribution is 2.24. The van der Waals surface area contributed by atoms with Gasteiger partial charge in [0.05, 0.1) is 5.54 Å². The second kappa shape index (κ2) is 5.50. The molecule has 0 spiro atoms. The molecule has 1 N–H and O–H groups in total. The van der Waals surface area contributed by atoms with Crippen molar-refractivity contribution in [3.8, 4) is 0 Å². The van der Waals surface area contributed by atoms with E-state index < -0.39 is 0 Å². The van der Waals surface area contributed by atoms with Crippen molar-refractivity contribution in [3.05, 3.63) is 71.8 Å². The fraction of sp³-hybridized carbons (Fsp3) is 0.188. The van der Waals surface area contributed by atoms with Crippen molar-refractivity contribution >= 4 is 6.41 Å². The lowest BCUT2D eigenvalue weighted by atomic mass is 9.86. The summed E-state index contributed by atoms with van der Waals surface area (Å²) in [7, 11) is 0. The number of rotatable bonds is 5. The Bertz CT molecular complexity index is 495. The molecule has 92 valence electrons. The van der Waals surface area contributed by atoms with Crippen LogP contribution >= 0.6 is 0 Å². The molecule has 2 aromatic carbocycles. The lowest BCUT2D eigenvalue weighted by Crippen LogP contribution is -2.40. The summed E-state index contributed by atoms with van der Waals surface area (Å²) in [4.78, 5) is 10.9. The number of benzene rings is 2. The molecule has 0 unspecified atom stereocenters. The first-order valence-electron chi connectivity index (χ1n) is 6.05. The maximum atomic E-state index is 10.9. The van der Waals surface area contributed by atoms with E-state index in [-0.39, 0.29) is 5.54 Å². The second-order valence-corrected chi connectivity index (χ2v) is 4.62. The summed E-state index contributed by atoms with van der Waals surface area (Å²) in [5, 5.41) is 2.94. The van der Waals surface area contributed by atoms with Crippen LogP contribution in [0, 0.1) is 0 Å². The maximum absolute atomic E-state index is 10.9. The lowest BCUT2D eigenvalue weighted by Gasteiger charge is -2.30. The van der Waals surface area contributed by atoms with Crippen LogP contribution in [0.3, 0.4) is 0 Å². The quantitative estimate of drug-likeness (QED) is 0.799. The molecular weight excluding hydrogens is 222 g/mol. The molecule has 0 bridgehead atoms. The molecule has 1 atom stereocenters. The standard InChI is InChI=1S/C16H17NO/c1-16(17-13-18,15-10-6-3-7-11-15)12-14-8-4-2-5-9-14/h2-11,13H,12H2,1H3,(H,17,18)/t16-/m0/s1. The molecule has 2 nitrogen and oxygen atoms in total. The molecule has 2 aromatic rings. The van der Waals surface area contributed by atoms with Crippen molar-refractivity contribution in [3.63, 3.8) is 0 Å². The Morgan fingerprint density at radius 2 is 1.56 bits per heavy atom. The van der Waals surface area contributed by atoms with Gasteiger partial charge in [-0.05, 0) is 24.5 Å². The minimum atomic E-state index is -0.371. The molecule has 0 aromatic heterocycles. The molecule has 0 aliphatic rings. The minimum Gasteiger partial charge on any atom is -0.349 e. The van der Waals surface area contributed by atoms with Crippen LogP contribution in [0.25, 0.3) is 0 Å². The van der Waals surface area contributed by atoms with Gasteiger partial charge in [0.25, 0.3) is 0 Å². The number of carbonyl (C=O) groups excluding carboxylic acids is 1. The normalized spacial score (nSPS) is 13.6. The van der Waals surface area contributed by atoms with E-state index in [1.165, 1.54) is 5.56 Å². The van der Waals surface area contributed by atoms with E-state index in [1.54, 1.807) is 0 Å². The Hall–Kier alpha value is -2.09. The summed E-state index contributed by atoms with van der Waals surface area (Å²) in [6.45, 7) is 2.05. The number of hydrogen-bond donors (Lipinski definition) is 1. The Labute approximate surface area is 108 Å².